The van der Waals surface area contributed by atoms with Crippen molar-refractivity contribution in [2.75, 3.05) is 52.5 Å². The molecule has 0 amide bonds. The number of carbonyl (C=O) groups is 1. The van der Waals surface area contributed by atoms with Crippen molar-refractivity contribution in [3.63, 3.8) is 0 Å². The Labute approximate surface area is 228 Å². The van der Waals surface area contributed by atoms with Crippen molar-refractivity contribution in [3.05, 3.63) is 46.3 Å². The lowest BCUT2D eigenvalue weighted by molar-refractivity contribution is 0.0962. The monoisotopic (exact) mass is 581 g/mol. The molecule has 0 unspecified atom stereocenters. The second-order valence-corrected chi connectivity index (χ2v) is 9.72. The summed E-state index contributed by atoms with van der Waals surface area (Å²) in [5.41, 5.74) is 2.42. The van der Waals surface area contributed by atoms with Gasteiger partial charge in [-0.15, -0.1) is 17.0 Å². The highest BCUT2D eigenvalue weighted by Gasteiger charge is 2.33. The molecular weight excluding hydrogens is 545 g/mol. The molecule has 0 saturated carbocycles. The predicted octanol–water partition coefficient (Wildman–Crippen LogP) is 4.57. The van der Waals surface area contributed by atoms with Crippen LogP contribution in [0.5, 0.6) is 17.2 Å². The molecule has 2 aromatic rings. The van der Waals surface area contributed by atoms with Crippen molar-refractivity contribution in [1.29, 1.82) is 5.41 Å². The fraction of sp³-hybridized carbons (Fsp3) is 0.481. The Bertz CT molecular complexity index is 1170. The van der Waals surface area contributed by atoms with Crippen LogP contribution in [0.2, 0.25) is 0 Å². The first-order valence-electron chi connectivity index (χ1n) is 11.9. The maximum absolute atomic E-state index is 15.1. The van der Waals surface area contributed by atoms with E-state index in [1.165, 1.54) is 14.2 Å². The van der Waals surface area contributed by atoms with Crippen LogP contribution < -0.4 is 19.1 Å². The summed E-state index contributed by atoms with van der Waals surface area (Å²) in [5.74, 6) is -0.105. The molecule has 0 saturated heterocycles. The van der Waals surface area contributed by atoms with Crippen LogP contribution in [0, 0.1) is 11.2 Å². The second-order valence-electron chi connectivity index (χ2n) is 9.72. The molecule has 0 bridgehead atoms. The van der Waals surface area contributed by atoms with E-state index in [0.717, 1.165) is 11.3 Å². The minimum absolute atomic E-state index is 0. The van der Waals surface area contributed by atoms with Gasteiger partial charge in [-0.1, -0.05) is 20.8 Å². The average molecular weight is 583 g/mol. The number of aliphatic hydroxyl groups is 1. The zero-order valence-electron chi connectivity index (χ0n) is 22.5. The zero-order valence-corrected chi connectivity index (χ0v) is 24.2. The molecule has 1 heterocycles. The van der Waals surface area contributed by atoms with E-state index in [0.29, 0.717) is 30.0 Å². The first-order chi connectivity index (χ1) is 17.0. The summed E-state index contributed by atoms with van der Waals surface area (Å²) in [7, 11) is 4.37. The van der Waals surface area contributed by atoms with Crippen LogP contribution in [0.3, 0.4) is 0 Å². The third-order valence-corrected chi connectivity index (χ3v) is 6.44. The number of aliphatic hydroxyl groups excluding tert-OH is 1. The largest absolute Gasteiger partial charge is 0.494 e. The normalized spacial score (nSPS) is 12.7. The van der Waals surface area contributed by atoms with Gasteiger partial charge in [0.05, 0.1) is 45.7 Å². The number of methoxy groups -OCH3 is 3. The smallest absolute Gasteiger partial charge is 0.197 e. The number of amidine groups is 1. The number of hydrogen-bond acceptors (Lipinski definition) is 7. The molecule has 2 aromatic carbocycles. The molecule has 10 heteroatoms. The van der Waals surface area contributed by atoms with Gasteiger partial charge in [0.2, 0.25) is 0 Å². The van der Waals surface area contributed by atoms with Gasteiger partial charge < -0.3 is 29.1 Å². The maximum atomic E-state index is 15.1. The molecule has 2 N–H and O–H groups in total. The van der Waals surface area contributed by atoms with Crippen LogP contribution >= 0.6 is 17.0 Å². The van der Waals surface area contributed by atoms with Gasteiger partial charge in [0, 0.05) is 30.8 Å². The third-order valence-electron chi connectivity index (χ3n) is 6.44. The number of ether oxygens (including phenoxy) is 3. The highest BCUT2D eigenvalue weighted by Crippen LogP contribution is 2.41. The third kappa shape index (κ3) is 5.85. The Balaban J connectivity index is 0.00000481. The van der Waals surface area contributed by atoms with Gasteiger partial charge in [0.15, 0.2) is 23.1 Å². The molecule has 8 nitrogen and oxygen atoms in total. The predicted molar refractivity (Wildman–Crippen MR) is 148 cm³/mol. The summed E-state index contributed by atoms with van der Waals surface area (Å²) in [6.07, 6.45) is 0. The summed E-state index contributed by atoms with van der Waals surface area (Å²) in [6.45, 7) is 9.18. The van der Waals surface area contributed by atoms with E-state index in [4.69, 9.17) is 19.6 Å². The van der Waals surface area contributed by atoms with Gasteiger partial charge in [-0.2, -0.15) is 0 Å². The van der Waals surface area contributed by atoms with Crippen LogP contribution in [0.25, 0.3) is 0 Å². The molecule has 37 heavy (non-hydrogen) atoms. The van der Waals surface area contributed by atoms with Crippen molar-refractivity contribution in [2.24, 2.45) is 0 Å². The molecule has 0 fully saturated rings. The van der Waals surface area contributed by atoms with Crippen molar-refractivity contribution in [3.8, 4) is 17.2 Å². The highest BCUT2D eigenvalue weighted by molar-refractivity contribution is 8.93. The Morgan fingerprint density at radius 3 is 2.30 bits per heavy atom. The number of ketones is 1. The zero-order chi connectivity index (χ0) is 26.8. The molecule has 204 valence electrons. The SMILES string of the molecule is Br.CCN(CCO)c1cc(C(=O)CN2Cc3cc(OC)c(OC)c(F)c3C2=N)cc(C(C)(C)C)c1OC. The van der Waals surface area contributed by atoms with Gasteiger partial charge in [-0.3, -0.25) is 10.2 Å². The average Bonchev–Trinajstić information content (AvgIpc) is 3.15. The van der Waals surface area contributed by atoms with Gasteiger partial charge in [-0.05, 0) is 36.1 Å². The fourth-order valence-corrected chi connectivity index (χ4v) is 4.57. The van der Waals surface area contributed by atoms with E-state index >= 15 is 4.39 Å². The number of fused-ring (bicyclic) bond motifs is 1. The van der Waals surface area contributed by atoms with Crippen molar-refractivity contribution < 1.29 is 28.5 Å². The Morgan fingerprint density at radius 1 is 1.14 bits per heavy atom. The van der Waals surface area contributed by atoms with Crippen molar-refractivity contribution in [2.45, 2.75) is 39.7 Å². The number of anilines is 1. The summed E-state index contributed by atoms with van der Waals surface area (Å²) in [5, 5.41) is 18.1. The number of nitrogens with one attached hydrogen (secondary N) is 1. The molecule has 0 radical (unpaired) electrons. The number of benzene rings is 2. The van der Waals surface area contributed by atoms with E-state index in [9.17, 15) is 9.90 Å². The van der Waals surface area contributed by atoms with Crippen LogP contribution in [0.1, 0.15) is 54.7 Å². The number of halogens is 2. The summed E-state index contributed by atoms with van der Waals surface area (Å²) in [6, 6.07) is 5.25. The molecule has 1 aliphatic rings. The fourth-order valence-electron chi connectivity index (χ4n) is 4.57. The van der Waals surface area contributed by atoms with Crippen LogP contribution in [0.4, 0.5) is 10.1 Å². The lowest BCUT2D eigenvalue weighted by Crippen LogP contribution is -2.31. The molecule has 1 aliphatic heterocycles. The standard InChI is InChI=1S/C27H36FN3O5.BrH/c1-8-30(9-10-32)19-12-16(11-18(24(19)35-6)27(2,3)4)20(33)15-31-14-17-13-21(34-5)25(36-7)23(28)22(17)26(31)29;/h11-13,29,32H,8-10,14-15H2,1-7H3;1H. The number of Topliss-reactive ketones (excluding diaryl/α,β-unsaturated/α-hetero) is 1. The first kappa shape index (κ1) is 30.4. The van der Waals surface area contributed by atoms with Crippen molar-refractivity contribution in [1.82, 2.24) is 4.90 Å². The molecule has 0 aliphatic carbocycles. The Morgan fingerprint density at radius 2 is 1.78 bits per heavy atom. The van der Waals surface area contributed by atoms with Gasteiger partial charge in [-0.25, -0.2) is 4.39 Å². The Hall–Kier alpha value is -2.85. The lowest BCUT2D eigenvalue weighted by Gasteiger charge is -2.30. The van der Waals surface area contributed by atoms with Crippen LogP contribution in [-0.2, 0) is 12.0 Å². The molecule has 3 rings (SSSR count). The van der Waals surface area contributed by atoms with Crippen LogP contribution in [-0.4, -0.2) is 69.2 Å². The maximum Gasteiger partial charge on any atom is 0.197 e. The minimum atomic E-state index is -0.670. The summed E-state index contributed by atoms with van der Waals surface area (Å²) < 4.78 is 31.3. The lowest BCUT2D eigenvalue weighted by atomic mass is 9.84. The number of rotatable bonds is 10. The number of likely N-dealkylation sites (N-methyl/N-ethyl adjacent to an activating group) is 1. The Kier molecular flexibility index (Phi) is 9.96. The van der Waals surface area contributed by atoms with Crippen molar-refractivity contribution >= 4 is 34.3 Å². The number of carbonyl (C=O) groups excluding carboxylic acids is 1. The van der Waals surface area contributed by atoms with E-state index in [2.05, 4.69) is 0 Å². The van der Waals surface area contributed by atoms with Crippen LogP contribution in [0.15, 0.2) is 18.2 Å². The molecule has 0 atom stereocenters. The molecule has 0 aromatic heterocycles. The minimum Gasteiger partial charge on any atom is -0.494 e. The second kappa shape index (κ2) is 12.1. The summed E-state index contributed by atoms with van der Waals surface area (Å²) >= 11 is 0. The summed E-state index contributed by atoms with van der Waals surface area (Å²) in [4.78, 5) is 17.0. The van der Waals surface area contributed by atoms with E-state index < -0.39 is 5.82 Å². The van der Waals surface area contributed by atoms with E-state index in [1.54, 1.807) is 24.1 Å². The highest BCUT2D eigenvalue weighted by atomic mass is 79.9. The van der Waals surface area contributed by atoms with E-state index in [1.807, 2.05) is 38.7 Å². The van der Waals surface area contributed by atoms with Gasteiger partial charge in [0.25, 0.3) is 0 Å². The van der Waals surface area contributed by atoms with Gasteiger partial charge >= 0.3 is 0 Å². The quantitative estimate of drug-likeness (QED) is 0.397. The molecular formula is C27H37BrFN3O5. The topological polar surface area (TPSA) is 95.3 Å². The number of hydrogen-bond donors (Lipinski definition) is 2. The van der Waals surface area contributed by atoms with E-state index in [-0.39, 0.29) is 70.8 Å². The number of nitrogens with zero attached hydrogens (tertiary/aromatic N) is 2. The van der Waals surface area contributed by atoms with Gasteiger partial charge in [0.1, 0.15) is 11.6 Å². The first-order valence-corrected chi connectivity index (χ1v) is 11.9. The molecule has 0 spiro atoms.